The summed E-state index contributed by atoms with van der Waals surface area (Å²) in [5.41, 5.74) is 0. The topological polar surface area (TPSA) is 58.6 Å². The summed E-state index contributed by atoms with van der Waals surface area (Å²) < 4.78 is 5.92. The van der Waals surface area contributed by atoms with E-state index in [0.29, 0.717) is 18.4 Å². The molecule has 1 aliphatic carbocycles. The molecule has 0 bridgehead atoms. The van der Waals surface area contributed by atoms with E-state index in [4.69, 9.17) is 4.74 Å². The van der Waals surface area contributed by atoms with Crippen molar-refractivity contribution in [1.29, 1.82) is 0 Å². The molecule has 2 aliphatic rings. The van der Waals surface area contributed by atoms with Crippen LogP contribution in [0.25, 0.3) is 0 Å². The third-order valence-corrected chi connectivity index (χ3v) is 4.72. The van der Waals surface area contributed by atoms with E-state index >= 15 is 0 Å². The van der Waals surface area contributed by atoms with Crippen molar-refractivity contribution in [2.45, 2.75) is 51.6 Å². The molecule has 6 nitrogen and oxygen atoms in total. The molecule has 1 aromatic heterocycles. The number of nitrogens with zero attached hydrogens (tertiary/aromatic N) is 4. The summed E-state index contributed by atoms with van der Waals surface area (Å²) in [6.45, 7) is 5.04. The first kappa shape index (κ1) is 16.0. The Kier molecular flexibility index (Phi) is 5.31. The molecule has 0 radical (unpaired) electrons. The Bertz CT molecular complexity index is 506. The summed E-state index contributed by atoms with van der Waals surface area (Å²) >= 11 is 0. The van der Waals surface area contributed by atoms with E-state index in [0.717, 1.165) is 44.8 Å². The second kappa shape index (κ2) is 7.62. The molecule has 2 heterocycles. The van der Waals surface area contributed by atoms with Gasteiger partial charge >= 0.3 is 0 Å². The van der Waals surface area contributed by atoms with Crippen molar-refractivity contribution < 1.29 is 9.53 Å². The molecular formula is C17H26N4O2. The first-order chi connectivity index (χ1) is 11.3. The van der Waals surface area contributed by atoms with Gasteiger partial charge in [-0.3, -0.25) is 4.79 Å². The lowest BCUT2D eigenvalue weighted by molar-refractivity contribution is -0.131. The maximum Gasteiger partial charge on any atom is 0.233 e. The van der Waals surface area contributed by atoms with Crippen LogP contribution in [0.15, 0.2) is 12.1 Å². The van der Waals surface area contributed by atoms with Crippen LogP contribution in [-0.4, -0.2) is 53.3 Å². The van der Waals surface area contributed by atoms with Gasteiger partial charge in [0.1, 0.15) is 6.10 Å². The highest BCUT2D eigenvalue weighted by Crippen LogP contribution is 2.23. The van der Waals surface area contributed by atoms with Crippen molar-refractivity contribution in [3.05, 3.63) is 12.1 Å². The fraction of sp³-hybridized carbons (Fsp3) is 0.706. The number of carbonyl (C=O) groups excluding carboxylic acids is 1. The molecule has 6 heteroatoms. The Hall–Kier alpha value is -1.85. The van der Waals surface area contributed by atoms with Gasteiger partial charge in [0.25, 0.3) is 0 Å². The highest BCUT2D eigenvalue weighted by atomic mass is 16.5. The average molecular weight is 318 g/mol. The van der Waals surface area contributed by atoms with E-state index in [-0.39, 0.29) is 5.91 Å². The summed E-state index contributed by atoms with van der Waals surface area (Å²) in [6.07, 6.45) is 6.93. The van der Waals surface area contributed by atoms with E-state index in [1.807, 2.05) is 24.0 Å². The lowest BCUT2D eigenvalue weighted by Gasteiger charge is -2.35. The Balaban J connectivity index is 1.52. The van der Waals surface area contributed by atoms with Gasteiger partial charge in [0.15, 0.2) is 5.82 Å². The van der Waals surface area contributed by atoms with E-state index in [9.17, 15) is 4.79 Å². The van der Waals surface area contributed by atoms with Gasteiger partial charge in [-0.15, -0.1) is 10.2 Å². The van der Waals surface area contributed by atoms with Crippen molar-refractivity contribution in [2.24, 2.45) is 0 Å². The molecule has 0 spiro atoms. The molecule has 0 atom stereocenters. The second-order valence-corrected chi connectivity index (χ2v) is 6.33. The van der Waals surface area contributed by atoms with Gasteiger partial charge in [-0.2, -0.15) is 0 Å². The van der Waals surface area contributed by atoms with Crippen LogP contribution >= 0.6 is 0 Å². The Morgan fingerprint density at radius 2 is 1.87 bits per heavy atom. The summed E-state index contributed by atoms with van der Waals surface area (Å²) in [4.78, 5) is 15.8. The smallest absolute Gasteiger partial charge is 0.233 e. The van der Waals surface area contributed by atoms with Crippen LogP contribution in [-0.2, 0) is 4.79 Å². The van der Waals surface area contributed by atoms with E-state index in [1.54, 1.807) is 0 Å². The van der Waals surface area contributed by atoms with Gasteiger partial charge in [0.2, 0.25) is 11.8 Å². The summed E-state index contributed by atoms with van der Waals surface area (Å²) in [6, 6.07) is 3.89. The molecule has 126 valence electrons. The Morgan fingerprint density at radius 1 is 1.13 bits per heavy atom. The molecular weight excluding hydrogens is 292 g/mol. The van der Waals surface area contributed by atoms with Gasteiger partial charge in [-0.1, -0.05) is 13.3 Å². The molecule has 1 aliphatic heterocycles. The summed E-state index contributed by atoms with van der Waals surface area (Å²) in [5, 5.41) is 8.53. The van der Waals surface area contributed by atoms with Gasteiger partial charge in [-0.05, 0) is 31.7 Å². The number of rotatable bonds is 4. The highest BCUT2D eigenvalue weighted by Gasteiger charge is 2.21. The van der Waals surface area contributed by atoms with E-state index < -0.39 is 0 Å². The molecule has 0 N–H and O–H groups in total. The maximum atomic E-state index is 11.7. The minimum Gasteiger partial charge on any atom is -0.473 e. The first-order valence-corrected chi connectivity index (χ1v) is 8.79. The summed E-state index contributed by atoms with van der Waals surface area (Å²) in [7, 11) is 0. The number of ether oxygens (including phenoxy) is 1. The molecule has 0 aromatic carbocycles. The minimum absolute atomic E-state index is 0.229. The van der Waals surface area contributed by atoms with Crippen molar-refractivity contribution in [3.8, 4) is 5.88 Å². The first-order valence-electron chi connectivity index (χ1n) is 8.79. The Morgan fingerprint density at radius 3 is 2.48 bits per heavy atom. The minimum atomic E-state index is 0.229. The van der Waals surface area contributed by atoms with Crippen molar-refractivity contribution >= 4 is 11.7 Å². The largest absolute Gasteiger partial charge is 0.473 e. The van der Waals surface area contributed by atoms with Crippen molar-refractivity contribution in [3.63, 3.8) is 0 Å². The predicted octanol–water partition coefficient (Wildman–Crippen LogP) is 2.25. The lowest BCUT2D eigenvalue weighted by Crippen LogP contribution is -2.48. The van der Waals surface area contributed by atoms with Crippen molar-refractivity contribution in [1.82, 2.24) is 15.1 Å². The molecule has 1 saturated heterocycles. The number of hydrogen-bond acceptors (Lipinski definition) is 5. The van der Waals surface area contributed by atoms with E-state index in [1.165, 1.54) is 19.3 Å². The van der Waals surface area contributed by atoms with Crippen LogP contribution in [0.4, 0.5) is 5.82 Å². The van der Waals surface area contributed by atoms with Crippen LogP contribution in [0.5, 0.6) is 5.88 Å². The standard InChI is InChI=1S/C17H26N4O2/c1-2-17(22)21-12-10-20(11-13-21)15-8-9-16(19-18-15)23-14-6-4-3-5-7-14/h8-9,14H,2-7,10-13H2,1H3. The van der Waals surface area contributed by atoms with Crippen molar-refractivity contribution in [2.75, 3.05) is 31.1 Å². The predicted molar refractivity (Wildman–Crippen MR) is 88.6 cm³/mol. The third-order valence-electron chi connectivity index (χ3n) is 4.72. The van der Waals surface area contributed by atoms with Crippen LogP contribution < -0.4 is 9.64 Å². The lowest BCUT2D eigenvalue weighted by atomic mass is 9.98. The quantitative estimate of drug-likeness (QED) is 0.852. The van der Waals surface area contributed by atoms with Gasteiger partial charge in [-0.25, -0.2) is 0 Å². The maximum absolute atomic E-state index is 11.7. The van der Waals surface area contributed by atoms with Crippen LogP contribution in [0.3, 0.4) is 0 Å². The number of piperazine rings is 1. The number of aromatic nitrogens is 2. The van der Waals surface area contributed by atoms with Gasteiger partial charge < -0.3 is 14.5 Å². The SMILES string of the molecule is CCC(=O)N1CCN(c2ccc(OC3CCCCC3)nn2)CC1. The third kappa shape index (κ3) is 4.12. The number of carbonyl (C=O) groups is 1. The Labute approximate surface area is 137 Å². The molecule has 3 rings (SSSR count). The van der Waals surface area contributed by atoms with Crippen LogP contribution in [0.1, 0.15) is 45.4 Å². The normalized spacial score (nSPS) is 19.7. The average Bonchev–Trinajstić information content (AvgIpc) is 2.63. The summed E-state index contributed by atoms with van der Waals surface area (Å²) in [5.74, 6) is 1.72. The monoisotopic (exact) mass is 318 g/mol. The zero-order valence-electron chi connectivity index (χ0n) is 13.9. The van der Waals surface area contributed by atoms with Crippen LogP contribution in [0.2, 0.25) is 0 Å². The zero-order chi connectivity index (χ0) is 16.1. The molecule has 1 saturated carbocycles. The molecule has 1 amide bonds. The second-order valence-electron chi connectivity index (χ2n) is 6.33. The molecule has 0 unspecified atom stereocenters. The van der Waals surface area contributed by atoms with Gasteiger partial charge in [0, 0.05) is 38.7 Å². The fourth-order valence-electron chi connectivity index (χ4n) is 3.31. The molecule has 23 heavy (non-hydrogen) atoms. The number of amides is 1. The number of anilines is 1. The molecule has 2 fully saturated rings. The zero-order valence-corrected chi connectivity index (χ0v) is 13.9. The van der Waals surface area contributed by atoms with Gasteiger partial charge in [0.05, 0.1) is 0 Å². The molecule has 1 aromatic rings. The van der Waals surface area contributed by atoms with E-state index in [2.05, 4.69) is 15.1 Å². The number of hydrogen-bond donors (Lipinski definition) is 0. The highest BCUT2D eigenvalue weighted by molar-refractivity contribution is 5.76. The van der Waals surface area contributed by atoms with Crippen LogP contribution in [0, 0.1) is 0 Å². The fourth-order valence-corrected chi connectivity index (χ4v) is 3.31.